The molecule has 1 aromatic rings. The lowest BCUT2D eigenvalue weighted by molar-refractivity contribution is -0.155. The maximum absolute atomic E-state index is 12.6. The fourth-order valence-corrected chi connectivity index (χ4v) is 6.07. The first-order valence-electron chi connectivity index (χ1n) is 10.0. The molecule has 0 bridgehead atoms. The monoisotopic (exact) mass is 368 g/mol. The largest absolute Gasteiger partial charge is 0.508 e. The second kappa shape index (κ2) is 6.50. The molecule has 3 aliphatic carbocycles. The van der Waals surface area contributed by atoms with E-state index in [2.05, 4.69) is 19.6 Å². The summed E-state index contributed by atoms with van der Waals surface area (Å²) in [5.41, 5.74) is 2.95. The molecule has 0 saturated heterocycles. The van der Waals surface area contributed by atoms with Crippen LogP contribution in [0.25, 0.3) is 0 Å². The topological polar surface area (TPSA) is 63.6 Å². The van der Waals surface area contributed by atoms with E-state index in [1.54, 1.807) is 6.08 Å². The average Bonchev–Trinajstić information content (AvgIpc) is 2.91. The number of ether oxygens (including phenoxy) is 1. The number of hydrogen-bond donors (Lipinski definition) is 1. The lowest BCUT2D eigenvalue weighted by Crippen LogP contribution is -2.49. The summed E-state index contributed by atoms with van der Waals surface area (Å²) >= 11 is 0. The van der Waals surface area contributed by atoms with Crippen LogP contribution in [0.4, 0.5) is 0 Å². The number of fused-ring (bicyclic) bond motifs is 5. The molecule has 3 aliphatic rings. The molecule has 144 valence electrons. The number of phenols is 1. The van der Waals surface area contributed by atoms with E-state index in [-0.39, 0.29) is 41.0 Å². The highest BCUT2D eigenvalue weighted by molar-refractivity contribution is 5.87. The molecule has 0 amide bonds. The van der Waals surface area contributed by atoms with Crippen LogP contribution in [0.5, 0.6) is 5.75 Å². The van der Waals surface area contributed by atoms with E-state index < -0.39 is 0 Å². The van der Waals surface area contributed by atoms with E-state index in [9.17, 15) is 14.7 Å². The minimum Gasteiger partial charge on any atom is -0.508 e. The highest BCUT2D eigenvalue weighted by atomic mass is 16.5. The van der Waals surface area contributed by atoms with Crippen LogP contribution in [-0.2, 0) is 27.2 Å². The molecule has 4 heteroatoms. The predicted octanol–water partition coefficient (Wildman–Crippen LogP) is 4.09. The molecule has 1 N–H and O–H groups in total. The first-order chi connectivity index (χ1) is 12.8. The Balaban J connectivity index is 1.80. The second-order valence-corrected chi connectivity index (χ2v) is 8.73. The fraction of sp³-hybridized carbons (Fsp3) is 0.565. The summed E-state index contributed by atoms with van der Waals surface area (Å²) < 4.78 is 5.78. The van der Waals surface area contributed by atoms with Gasteiger partial charge in [-0.3, -0.25) is 9.59 Å². The molecule has 0 radical (unpaired) electrons. The van der Waals surface area contributed by atoms with Crippen molar-refractivity contribution >= 4 is 11.8 Å². The Morgan fingerprint density at radius 1 is 1.41 bits per heavy atom. The number of allylic oxidation sites excluding steroid dienone is 1. The van der Waals surface area contributed by atoms with E-state index in [1.807, 2.05) is 6.07 Å². The maximum Gasteiger partial charge on any atom is 0.302 e. The summed E-state index contributed by atoms with van der Waals surface area (Å²) in [7, 11) is 0. The summed E-state index contributed by atoms with van der Waals surface area (Å²) in [5.74, 6) is 1.09. The van der Waals surface area contributed by atoms with Gasteiger partial charge in [-0.2, -0.15) is 0 Å². The third kappa shape index (κ3) is 2.81. The summed E-state index contributed by atoms with van der Waals surface area (Å²) in [6.07, 6.45) is 6.16. The average molecular weight is 368 g/mol. The van der Waals surface area contributed by atoms with Crippen molar-refractivity contribution in [3.8, 4) is 5.75 Å². The van der Waals surface area contributed by atoms with Crippen LogP contribution in [0.15, 0.2) is 24.8 Å². The van der Waals surface area contributed by atoms with Crippen LogP contribution in [0.2, 0.25) is 0 Å². The van der Waals surface area contributed by atoms with Gasteiger partial charge in [-0.25, -0.2) is 0 Å². The number of benzene rings is 1. The summed E-state index contributed by atoms with van der Waals surface area (Å²) in [6, 6.07) is 3.96. The molecule has 2 saturated carbocycles. The molecular weight excluding hydrogens is 340 g/mol. The molecular formula is C23H28O4. The normalized spacial score (nSPS) is 34.4. The SMILES string of the molecule is C=CCc1cc2c(cc1O)CC(OC(C)=O)C1C2CC[C@]2(C)C(=O)CCC12. The van der Waals surface area contributed by atoms with Gasteiger partial charge in [-0.05, 0) is 60.3 Å². The number of Topliss-reactive ketones (excluding diaryl/α,β-unsaturated/α-hetero) is 1. The van der Waals surface area contributed by atoms with Gasteiger partial charge in [-0.1, -0.05) is 19.1 Å². The highest BCUT2D eigenvalue weighted by Gasteiger charge is 2.57. The number of aromatic hydroxyl groups is 1. The van der Waals surface area contributed by atoms with Crippen LogP contribution in [-0.4, -0.2) is 23.0 Å². The number of esters is 1. The molecule has 0 aromatic heterocycles. The van der Waals surface area contributed by atoms with Crippen LogP contribution in [0, 0.1) is 17.3 Å². The lowest BCUT2D eigenvalue weighted by atomic mass is 9.54. The molecule has 1 aromatic carbocycles. The van der Waals surface area contributed by atoms with E-state index >= 15 is 0 Å². The first kappa shape index (κ1) is 18.3. The van der Waals surface area contributed by atoms with Gasteiger partial charge in [0.1, 0.15) is 17.6 Å². The van der Waals surface area contributed by atoms with Gasteiger partial charge in [0, 0.05) is 31.1 Å². The molecule has 4 unspecified atom stereocenters. The molecule has 0 heterocycles. The van der Waals surface area contributed by atoms with Crippen molar-refractivity contribution in [2.24, 2.45) is 17.3 Å². The Kier molecular flexibility index (Phi) is 4.40. The first-order valence-corrected chi connectivity index (χ1v) is 10.0. The standard InChI is InChI=1S/C23H28O4/c1-4-5-14-10-17-15(11-19(14)25)12-20(27-13(2)24)22-16(17)8-9-23(3)18(22)6-7-21(23)26/h4,10-11,16,18,20,22,25H,1,5-9,12H2,2-3H3/t16?,18?,20?,22?,23-/m0/s1. The van der Waals surface area contributed by atoms with E-state index in [1.165, 1.54) is 12.5 Å². The van der Waals surface area contributed by atoms with Crippen molar-refractivity contribution < 1.29 is 19.4 Å². The fourth-order valence-electron chi connectivity index (χ4n) is 6.07. The zero-order valence-electron chi connectivity index (χ0n) is 16.2. The lowest BCUT2D eigenvalue weighted by Gasteiger charge is -2.51. The summed E-state index contributed by atoms with van der Waals surface area (Å²) in [5, 5.41) is 10.4. The van der Waals surface area contributed by atoms with Gasteiger partial charge in [0.05, 0.1) is 0 Å². The Hall–Kier alpha value is -2.10. The Bertz CT molecular complexity index is 811. The van der Waals surface area contributed by atoms with Crippen LogP contribution in [0.1, 0.15) is 62.1 Å². The Morgan fingerprint density at radius 3 is 2.89 bits per heavy atom. The highest BCUT2D eigenvalue weighted by Crippen LogP contribution is 2.60. The van der Waals surface area contributed by atoms with Gasteiger partial charge in [0.2, 0.25) is 0 Å². The van der Waals surface area contributed by atoms with E-state index in [4.69, 9.17) is 4.74 Å². The molecule has 0 aliphatic heterocycles. The van der Waals surface area contributed by atoms with Crippen molar-refractivity contribution in [1.82, 2.24) is 0 Å². The minimum atomic E-state index is -0.280. The third-order valence-electron chi connectivity index (χ3n) is 7.31. The molecule has 4 rings (SSSR count). The second-order valence-electron chi connectivity index (χ2n) is 8.73. The zero-order chi connectivity index (χ0) is 19.3. The van der Waals surface area contributed by atoms with Gasteiger partial charge in [-0.15, -0.1) is 6.58 Å². The molecule has 27 heavy (non-hydrogen) atoms. The van der Waals surface area contributed by atoms with Crippen molar-refractivity contribution in [2.75, 3.05) is 0 Å². The van der Waals surface area contributed by atoms with E-state index in [0.717, 1.165) is 30.4 Å². The van der Waals surface area contributed by atoms with Gasteiger partial charge >= 0.3 is 5.97 Å². The molecule has 5 atom stereocenters. The number of carbonyl (C=O) groups is 2. The summed E-state index contributed by atoms with van der Waals surface area (Å²) in [6.45, 7) is 7.36. The number of carbonyl (C=O) groups excluding carboxylic acids is 2. The van der Waals surface area contributed by atoms with Crippen molar-refractivity contribution in [3.63, 3.8) is 0 Å². The van der Waals surface area contributed by atoms with Crippen LogP contribution >= 0.6 is 0 Å². The van der Waals surface area contributed by atoms with Crippen molar-refractivity contribution in [2.45, 2.75) is 64.4 Å². The predicted molar refractivity (Wildman–Crippen MR) is 103 cm³/mol. The zero-order valence-corrected chi connectivity index (χ0v) is 16.2. The Labute approximate surface area is 160 Å². The van der Waals surface area contributed by atoms with Gasteiger partial charge < -0.3 is 9.84 Å². The molecule has 2 fully saturated rings. The van der Waals surface area contributed by atoms with E-state index in [0.29, 0.717) is 25.0 Å². The molecule has 4 nitrogen and oxygen atoms in total. The number of rotatable bonds is 3. The quantitative estimate of drug-likeness (QED) is 0.645. The Morgan fingerprint density at radius 2 is 2.19 bits per heavy atom. The summed E-state index contributed by atoms with van der Waals surface area (Å²) in [4.78, 5) is 24.4. The van der Waals surface area contributed by atoms with Crippen LogP contribution < -0.4 is 0 Å². The number of ketones is 1. The minimum absolute atomic E-state index is 0.174. The smallest absolute Gasteiger partial charge is 0.302 e. The van der Waals surface area contributed by atoms with Crippen molar-refractivity contribution in [3.05, 3.63) is 41.5 Å². The van der Waals surface area contributed by atoms with Gasteiger partial charge in [0.25, 0.3) is 0 Å². The third-order valence-corrected chi connectivity index (χ3v) is 7.31. The molecule has 0 spiro atoms. The van der Waals surface area contributed by atoms with Crippen LogP contribution in [0.3, 0.4) is 0 Å². The maximum atomic E-state index is 12.6. The number of phenolic OH excluding ortho intramolecular Hbond substituents is 1. The van der Waals surface area contributed by atoms with Crippen molar-refractivity contribution in [1.29, 1.82) is 0 Å². The number of hydrogen-bond acceptors (Lipinski definition) is 4. The van der Waals surface area contributed by atoms with Gasteiger partial charge in [0.15, 0.2) is 0 Å².